The summed E-state index contributed by atoms with van der Waals surface area (Å²) in [7, 11) is -5.01. The first-order valence-electron chi connectivity index (χ1n) is 20.3. The molecule has 0 aromatic rings. The predicted molar refractivity (Wildman–Crippen MR) is 207 cm³/mol. The van der Waals surface area contributed by atoms with Crippen molar-refractivity contribution in [3.05, 3.63) is 36.5 Å². The van der Waals surface area contributed by atoms with Crippen LogP contribution in [-0.4, -0.2) is 98.9 Å². The third kappa shape index (κ3) is 24.6. The summed E-state index contributed by atoms with van der Waals surface area (Å²) in [6.07, 6.45) is 22.2. The molecule has 0 aromatic heterocycles. The van der Waals surface area contributed by atoms with Crippen molar-refractivity contribution in [1.82, 2.24) is 0 Å². The zero-order chi connectivity index (χ0) is 39.2. The van der Waals surface area contributed by atoms with Gasteiger partial charge in [-0.2, -0.15) is 0 Å². The van der Waals surface area contributed by atoms with E-state index in [2.05, 4.69) is 50.3 Å². The molecular formula is C40H73O12P. The molecule has 6 atom stereocenters. The number of carbonyl (C=O) groups is 1. The van der Waals surface area contributed by atoms with Crippen molar-refractivity contribution in [3.8, 4) is 0 Å². The molecule has 1 rings (SSSR count). The maximum Gasteiger partial charge on any atom is 0.472 e. The fourth-order valence-electron chi connectivity index (χ4n) is 6.02. The predicted octanol–water partition coefficient (Wildman–Crippen LogP) is 7.14. The Morgan fingerprint density at radius 3 is 1.70 bits per heavy atom. The average molecular weight is 777 g/mol. The molecule has 12 nitrogen and oxygen atoms in total. The minimum Gasteiger partial charge on any atom is -0.457 e. The van der Waals surface area contributed by atoms with Gasteiger partial charge in [0.25, 0.3) is 0 Å². The van der Waals surface area contributed by atoms with E-state index in [0.717, 1.165) is 70.6 Å². The summed E-state index contributed by atoms with van der Waals surface area (Å²) in [4.78, 5) is 23.0. The van der Waals surface area contributed by atoms with Gasteiger partial charge in [-0.25, -0.2) is 4.57 Å². The molecule has 1 saturated carbocycles. The Balaban J connectivity index is 2.47. The van der Waals surface area contributed by atoms with Crippen molar-refractivity contribution in [1.29, 1.82) is 0 Å². The maximum absolute atomic E-state index is 12.7. The van der Waals surface area contributed by atoms with Gasteiger partial charge in [-0.1, -0.05) is 134 Å². The fourth-order valence-corrected chi connectivity index (χ4v) is 6.99. The Labute approximate surface area is 319 Å². The highest BCUT2D eigenvalue weighted by Crippen LogP contribution is 2.47. The number of phosphoric ester groups is 1. The van der Waals surface area contributed by atoms with Crippen molar-refractivity contribution < 1.29 is 58.3 Å². The van der Waals surface area contributed by atoms with Gasteiger partial charge >= 0.3 is 13.8 Å². The fraction of sp³-hybridized carbons (Fsp3) is 0.825. The Morgan fingerprint density at radius 2 is 1.11 bits per heavy atom. The van der Waals surface area contributed by atoms with Crippen LogP contribution in [0.3, 0.4) is 0 Å². The maximum atomic E-state index is 12.7. The molecule has 0 radical (unpaired) electrons. The highest BCUT2D eigenvalue weighted by atomic mass is 31.2. The summed E-state index contributed by atoms with van der Waals surface area (Å²) in [6, 6.07) is 0. The van der Waals surface area contributed by atoms with Crippen molar-refractivity contribution >= 4 is 13.8 Å². The molecule has 1 fully saturated rings. The largest absolute Gasteiger partial charge is 0.472 e. The van der Waals surface area contributed by atoms with Crippen molar-refractivity contribution in [3.63, 3.8) is 0 Å². The zero-order valence-corrected chi connectivity index (χ0v) is 33.5. The highest BCUT2D eigenvalue weighted by Gasteiger charge is 2.51. The molecule has 0 bridgehead atoms. The lowest BCUT2D eigenvalue weighted by Gasteiger charge is -2.41. The molecule has 0 spiro atoms. The van der Waals surface area contributed by atoms with E-state index in [-0.39, 0.29) is 13.0 Å². The van der Waals surface area contributed by atoms with Gasteiger partial charge < -0.3 is 39.9 Å². The minimum absolute atomic E-state index is 0.0823. The van der Waals surface area contributed by atoms with E-state index < -0.39 is 63.1 Å². The number of aliphatic hydroxyl groups excluding tert-OH is 5. The zero-order valence-electron chi connectivity index (χ0n) is 32.6. The second-order valence-electron chi connectivity index (χ2n) is 14.1. The van der Waals surface area contributed by atoms with Gasteiger partial charge in [-0.05, 0) is 44.9 Å². The summed E-state index contributed by atoms with van der Waals surface area (Å²) >= 11 is 0. The van der Waals surface area contributed by atoms with E-state index in [1.165, 1.54) is 51.4 Å². The first kappa shape index (κ1) is 49.6. The van der Waals surface area contributed by atoms with Crippen molar-refractivity contribution in [2.75, 3.05) is 19.8 Å². The number of ether oxygens (including phenoxy) is 2. The quantitative estimate of drug-likeness (QED) is 0.0171. The third-order valence-electron chi connectivity index (χ3n) is 9.28. The lowest BCUT2D eigenvalue weighted by Crippen LogP contribution is -2.64. The number of hydrogen-bond acceptors (Lipinski definition) is 11. The van der Waals surface area contributed by atoms with Crippen molar-refractivity contribution in [2.24, 2.45) is 0 Å². The van der Waals surface area contributed by atoms with E-state index in [0.29, 0.717) is 13.0 Å². The van der Waals surface area contributed by atoms with Gasteiger partial charge in [-0.3, -0.25) is 13.8 Å². The molecule has 0 heterocycles. The molecule has 0 saturated heterocycles. The molecular weight excluding hydrogens is 703 g/mol. The summed E-state index contributed by atoms with van der Waals surface area (Å²) in [5.74, 6) is -0.495. The second-order valence-corrected chi connectivity index (χ2v) is 15.5. The summed E-state index contributed by atoms with van der Waals surface area (Å²) in [5.41, 5.74) is 0. The number of allylic oxidation sites excluding steroid dienone is 6. The van der Waals surface area contributed by atoms with E-state index in [4.69, 9.17) is 18.5 Å². The average Bonchev–Trinajstić information content (AvgIpc) is 3.14. The van der Waals surface area contributed by atoms with Crippen LogP contribution >= 0.6 is 7.82 Å². The molecule has 6 unspecified atom stereocenters. The van der Waals surface area contributed by atoms with Crippen LogP contribution in [0.1, 0.15) is 149 Å². The molecule has 1 aliphatic carbocycles. The van der Waals surface area contributed by atoms with Crippen molar-refractivity contribution in [2.45, 2.75) is 191 Å². The Hall–Kier alpha value is -1.44. The SMILES string of the molecule is CC/C=C\C/C=C\C/C=C\CCCCCCCC(=O)OC(COCCCCCCCCCCCCC)COP(=O)(O)OC1C(O)C(O)C(O)C(O)C1O. The number of hydrogen-bond donors (Lipinski definition) is 6. The summed E-state index contributed by atoms with van der Waals surface area (Å²) in [5, 5.41) is 50.0. The first-order chi connectivity index (χ1) is 25.5. The van der Waals surface area contributed by atoms with Gasteiger partial charge in [0.1, 0.15) is 42.7 Å². The molecule has 0 amide bonds. The second kappa shape index (κ2) is 31.7. The van der Waals surface area contributed by atoms with Gasteiger partial charge in [0.05, 0.1) is 13.2 Å². The lowest BCUT2D eigenvalue weighted by atomic mass is 9.85. The first-order valence-corrected chi connectivity index (χ1v) is 21.8. The number of unbranched alkanes of at least 4 members (excludes halogenated alkanes) is 15. The van der Waals surface area contributed by atoms with Gasteiger partial charge in [0.2, 0.25) is 0 Å². The topological polar surface area (TPSA) is 192 Å². The monoisotopic (exact) mass is 776 g/mol. The Kier molecular flexibility index (Phi) is 29.7. The standard InChI is InChI=1S/C40H73O12P/c1-3-5-7-9-11-13-15-16-17-18-19-21-23-25-27-29-34(41)51-33(31-49-30-28-26-24-22-20-14-12-10-8-6-4-2)32-50-53(47,48)52-40-38(45)36(43)35(42)37(44)39(40)46/h5,7,11,13,16-17,33,35-40,42-46H,3-4,6,8-10,12,14-15,18-32H2,1-2H3,(H,47,48)/b7-5-,13-11-,17-16-. The Morgan fingerprint density at radius 1 is 0.623 bits per heavy atom. The van der Waals surface area contributed by atoms with Crippen LogP contribution in [0.25, 0.3) is 0 Å². The number of aliphatic hydroxyl groups is 5. The van der Waals surface area contributed by atoms with E-state index in [1.807, 2.05) is 0 Å². The number of rotatable bonds is 33. The summed E-state index contributed by atoms with van der Waals surface area (Å²) in [6.45, 7) is 4.10. The van der Waals surface area contributed by atoms with Crippen LogP contribution in [0.2, 0.25) is 0 Å². The van der Waals surface area contributed by atoms with Crippen LogP contribution in [0.5, 0.6) is 0 Å². The molecule has 53 heavy (non-hydrogen) atoms. The molecule has 0 aliphatic heterocycles. The number of carbonyl (C=O) groups excluding carboxylic acids is 1. The smallest absolute Gasteiger partial charge is 0.457 e. The Bertz CT molecular complexity index is 1020. The van der Waals surface area contributed by atoms with Crippen LogP contribution in [-0.2, 0) is 27.9 Å². The summed E-state index contributed by atoms with van der Waals surface area (Å²) < 4.78 is 34.0. The van der Waals surface area contributed by atoms with Gasteiger partial charge in [-0.15, -0.1) is 0 Å². The van der Waals surface area contributed by atoms with Crippen LogP contribution < -0.4 is 0 Å². The van der Waals surface area contributed by atoms with Crippen LogP contribution in [0, 0.1) is 0 Å². The molecule has 6 N–H and O–H groups in total. The number of esters is 1. The normalized spacial score (nSPS) is 24.0. The van der Waals surface area contributed by atoms with E-state index >= 15 is 0 Å². The third-order valence-corrected chi connectivity index (χ3v) is 10.3. The highest BCUT2D eigenvalue weighted by molar-refractivity contribution is 7.47. The van der Waals surface area contributed by atoms with Crippen LogP contribution in [0.15, 0.2) is 36.5 Å². The number of phosphoric acid groups is 1. The molecule has 13 heteroatoms. The van der Waals surface area contributed by atoms with E-state index in [9.17, 15) is 39.8 Å². The lowest BCUT2D eigenvalue weighted by molar-refractivity contribution is -0.220. The molecule has 1 aliphatic rings. The van der Waals surface area contributed by atoms with Crippen LogP contribution in [0.4, 0.5) is 0 Å². The minimum atomic E-state index is -5.01. The van der Waals surface area contributed by atoms with Gasteiger partial charge in [0, 0.05) is 13.0 Å². The molecule has 0 aromatic carbocycles. The molecule has 310 valence electrons. The van der Waals surface area contributed by atoms with E-state index in [1.54, 1.807) is 0 Å². The van der Waals surface area contributed by atoms with Gasteiger partial charge in [0.15, 0.2) is 0 Å².